The third kappa shape index (κ3) is 2.61. The number of hydrogen-bond donors (Lipinski definition) is 0. The summed E-state index contributed by atoms with van der Waals surface area (Å²) < 4.78 is 33.6. The summed E-state index contributed by atoms with van der Waals surface area (Å²) in [6.07, 6.45) is -0.508. The second-order valence-corrected chi connectivity index (χ2v) is 5.51. The van der Waals surface area contributed by atoms with Crippen LogP contribution in [-0.2, 0) is 19.0 Å². The molecule has 5 heteroatoms. The van der Waals surface area contributed by atoms with Gasteiger partial charge in [-0.05, 0) is 26.0 Å². The Labute approximate surface area is 95.3 Å². The van der Waals surface area contributed by atoms with E-state index in [4.69, 9.17) is 8.92 Å². The van der Waals surface area contributed by atoms with Gasteiger partial charge in [-0.25, -0.2) is 0 Å². The van der Waals surface area contributed by atoms with Crippen LogP contribution < -0.4 is 0 Å². The molecule has 1 aromatic rings. The molecule has 0 aliphatic carbocycles. The minimum atomic E-state index is -3.66. The first-order valence-corrected chi connectivity index (χ1v) is 6.51. The van der Waals surface area contributed by atoms with E-state index in [1.54, 1.807) is 31.2 Å². The van der Waals surface area contributed by atoms with Gasteiger partial charge >= 0.3 is 0 Å². The summed E-state index contributed by atoms with van der Waals surface area (Å²) in [4.78, 5) is 0.186. The molecule has 2 atom stereocenters. The molecule has 0 aromatic heterocycles. The van der Waals surface area contributed by atoms with E-state index in [0.717, 1.165) is 5.56 Å². The van der Waals surface area contributed by atoms with Gasteiger partial charge in [0.15, 0.2) is 0 Å². The van der Waals surface area contributed by atoms with Crippen LogP contribution in [0.4, 0.5) is 0 Å². The van der Waals surface area contributed by atoms with Crippen molar-refractivity contribution in [1.82, 2.24) is 0 Å². The maximum absolute atomic E-state index is 11.8. The van der Waals surface area contributed by atoms with Crippen LogP contribution in [0.25, 0.3) is 0 Å². The molecule has 0 amide bonds. The Morgan fingerprint density at radius 2 is 1.94 bits per heavy atom. The fourth-order valence-corrected chi connectivity index (χ4v) is 2.45. The van der Waals surface area contributed by atoms with E-state index in [-0.39, 0.29) is 11.0 Å². The van der Waals surface area contributed by atoms with Crippen LogP contribution in [0, 0.1) is 6.92 Å². The Kier molecular flexibility index (Phi) is 3.01. The predicted molar refractivity (Wildman–Crippen MR) is 58.7 cm³/mol. The summed E-state index contributed by atoms with van der Waals surface area (Å²) in [6, 6.07) is 6.58. The Morgan fingerprint density at radius 3 is 2.44 bits per heavy atom. The normalized spacial score (nSPS) is 21.8. The Balaban J connectivity index is 2.14. The van der Waals surface area contributed by atoms with Crippen molar-refractivity contribution in [2.75, 3.05) is 6.61 Å². The standard InChI is InChI=1S/C11H14O4S/c1-8-3-5-10(6-4-8)16(12,13)15-9(2)11-7-14-11/h3-6,9,11H,7H2,1-2H3/t9-,11?/m1/s1. The molecule has 1 heterocycles. The zero-order valence-corrected chi connectivity index (χ0v) is 10.0. The largest absolute Gasteiger partial charge is 0.370 e. The molecule has 1 aliphatic heterocycles. The monoisotopic (exact) mass is 242 g/mol. The van der Waals surface area contributed by atoms with Crippen molar-refractivity contribution in [2.24, 2.45) is 0 Å². The van der Waals surface area contributed by atoms with Gasteiger partial charge in [0.2, 0.25) is 0 Å². The smallest absolute Gasteiger partial charge is 0.297 e. The van der Waals surface area contributed by atoms with Gasteiger partial charge in [0, 0.05) is 0 Å². The predicted octanol–water partition coefficient (Wildman–Crippen LogP) is 1.49. The molecule has 1 aliphatic rings. The first-order chi connectivity index (χ1) is 7.49. The van der Waals surface area contributed by atoms with Gasteiger partial charge < -0.3 is 4.74 Å². The van der Waals surface area contributed by atoms with E-state index in [2.05, 4.69) is 0 Å². The van der Waals surface area contributed by atoms with E-state index < -0.39 is 16.2 Å². The molecule has 1 saturated heterocycles. The van der Waals surface area contributed by atoms with Crippen LogP contribution in [0.3, 0.4) is 0 Å². The molecule has 88 valence electrons. The lowest BCUT2D eigenvalue weighted by Gasteiger charge is -2.10. The second kappa shape index (κ2) is 4.16. The lowest BCUT2D eigenvalue weighted by Crippen LogP contribution is -2.20. The molecule has 0 N–H and O–H groups in total. The van der Waals surface area contributed by atoms with E-state index in [1.807, 2.05) is 6.92 Å². The van der Waals surface area contributed by atoms with Crippen LogP contribution in [-0.4, -0.2) is 27.2 Å². The maximum atomic E-state index is 11.8. The van der Waals surface area contributed by atoms with Gasteiger partial charge in [-0.1, -0.05) is 17.7 Å². The average Bonchev–Trinajstić information content (AvgIpc) is 3.00. The zero-order valence-electron chi connectivity index (χ0n) is 9.21. The summed E-state index contributed by atoms with van der Waals surface area (Å²) in [5.41, 5.74) is 1.01. The molecule has 0 radical (unpaired) electrons. The molecule has 1 unspecified atom stereocenters. The number of aryl methyl sites for hydroxylation is 1. The van der Waals surface area contributed by atoms with Crippen LogP contribution >= 0.6 is 0 Å². The maximum Gasteiger partial charge on any atom is 0.297 e. The number of ether oxygens (including phenoxy) is 1. The number of epoxide rings is 1. The molecule has 4 nitrogen and oxygen atoms in total. The Morgan fingerprint density at radius 1 is 1.38 bits per heavy atom. The van der Waals surface area contributed by atoms with Crippen LogP contribution in [0.15, 0.2) is 29.2 Å². The quantitative estimate of drug-likeness (QED) is 0.593. The minimum Gasteiger partial charge on any atom is -0.370 e. The van der Waals surface area contributed by atoms with Gasteiger partial charge in [-0.3, -0.25) is 4.18 Å². The van der Waals surface area contributed by atoms with Crippen molar-refractivity contribution in [3.05, 3.63) is 29.8 Å². The fourth-order valence-electron chi connectivity index (χ4n) is 1.35. The molecule has 1 aromatic carbocycles. The molecular weight excluding hydrogens is 228 g/mol. The highest BCUT2D eigenvalue weighted by molar-refractivity contribution is 7.86. The molecule has 2 rings (SSSR count). The minimum absolute atomic E-state index is 0.0831. The Bertz CT molecular complexity index is 459. The molecule has 16 heavy (non-hydrogen) atoms. The molecule has 0 saturated carbocycles. The van der Waals surface area contributed by atoms with Crippen molar-refractivity contribution < 1.29 is 17.3 Å². The molecule has 1 fully saturated rings. The first kappa shape index (κ1) is 11.6. The van der Waals surface area contributed by atoms with Gasteiger partial charge in [0.25, 0.3) is 10.1 Å². The third-order valence-electron chi connectivity index (χ3n) is 2.47. The second-order valence-electron chi connectivity index (χ2n) is 3.94. The van der Waals surface area contributed by atoms with Crippen molar-refractivity contribution >= 4 is 10.1 Å². The summed E-state index contributed by atoms with van der Waals surface area (Å²) in [5.74, 6) is 0. The number of hydrogen-bond acceptors (Lipinski definition) is 4. The van der Waals surface area contributed by atoms with E-state index >= 15 is 0 Å². The summed E-state index contributed by atoms with van der Waals surface area (Å²) in [6.45, 7) is 4.17. The third-order valence-corrected chi connectivity index (χ3v) is 3.88. The van der Waals surface area contributed by atoms with Crippen molar-refractivity contribution in [3.8, 4) is 0 Å². The number of benzene rings is 1. The first-order valence-electron chi connectivity index (χ1n) is 5.10. The Hall–Kier alpha value is -0.910. The molecule has 0 spiro atoms. The van der Waals surface area contributed by atoms with Crippen molar-refractivity contribution in [1.29, 1.82) is 0 Å². The van der Waals surface area contributed by atoms with Crippen LogP contribution in [0.1, 0.15) is 12.5 Å². The summed E-state index contributed by atoms with van der Waals surface area (Å²) in [7, 11) is -3.66. The lowest BCUT2D eigenvalue weighted by atomic mass is 10.2. The average molecular weight is 242 g/mol. The highest BCUT2D eigenvalue weighted by atomic mass is 32.2. The van der Waals surface area contributed by atoms with E-state index in [9.17, 15) is 8.42 Å². The highest BCUT2D eigenvalue weighted by Crippen LogP contribution is 2.21. The van der Waals surface area contributed by atoms with Crippen molar-refractivity contribution in [2.45, 2.75) is 31.0 Å². The van der Waals surface area contributed by atoms with Gasteiger partial charge in [-0.15, -0.1) is 0 Å². The van der Waals surface area contributed by atoms with Gasteiger partial charge in [0.1, 0.15) is 12.2 Å². The number of rotatable bonds is 4. The molecular formula is C11H14O4S. The van der Waals surface area contributed by atoms with Crippen LogP contribution in [0.2, 0.25) is 0 Å². The molecule has 0 bridgehead atoms. The van der Waals surface area contributed by atoms with Gasteiger partial charge in [0.05, 0.1) is 11.5 Å². The summed E-state index contributed by atoms with van der Waals surface area (Å²) in [5, 5.41) is 0. The lowest BCUT2D eigenvalue weighted by molar-refractivity contribution is 0.183. The van der Waals surface area contributed by atoms with E-state index in [1.165, 1.54) is 0 Å². The summed E-state index contributed by atoms with van der Waals surface area (Å²) >= 11 is 0. The topological polar surface area (TPSA) is 55.9 Å². The van der Waals surface area contributed by atoms with E-state index in [0.29, 0.717) is 6.61 Å². The highest BCUT2D eigenvalue weighted by Gasteiger charge is 2.34. The van der Waals surface area contributed by atoms with Crippen molar-refractivity contribution in [3.63, 3.8) is 0 Å². The van der Waals surface area contributed by atoms with Gasteiger partial charge in [-0.2, -0.15) is 8.42 Å². The zero-order chi connectivity index (χ0) is 11.8. The SMILES string of the molecule is Cc1ccc(S(=O)(=O)O[C@H](C)C2CO2)cc1. The fraction of sp³-hybridized carbons (Fsp3) is 0.455. The van der Waals surface area contributed by atoms with Crippen LogP contribution in [0.5, 0.6) is 0 Å².